The summed E-state index contributed by atoms with van der Waals surface area (Å²) in [7, 11) is 0. The number of carbonyl (C=O) groups is 1. The number of piperidine rings is 1. The van der Waals surface area contributed by atoms with E-state index in [1.165, 1.54) is 31.5 Å². The summed E-state index contributed by atoms with van der Waals surface area (Å²) in [4.78, 5) is 17.0. The third-order valence-corrected chi connectivity index (χ3v) is 3.50. The van der Waals surface area contributed by atoms with Gasteiger partial charge in [-0.25, -0.2) is 4.98 Å². The number of pyridine rings is 1. The van der Waals surface area contributed by atoms with E-state index in [9.17, 15) is 4.79 Å². The molecule has 0 spiro atoms. The van der Waals surface area contributed by atoms with E-state index in [0.29, 0.717) is 18.1 Å². The SMILES string of the molecule is CCN1CCC(c2ccnc(NC=O)c2)CC1. The summed E-state index contributed by atoms with van der Waals surface area (Å²) < 4.78 is 0. The zero-order valence-electron chi connectivity index (χ0n) is 10.2. The zero-order chi connectivity index (χ0) is 12.1. The highest BCUT2D eigenvalue weighted by Gasteiger charge is 2.19. The summed E-state index contributed by atoms with van der Waals surface area (Å²) in [5.74, 6) is 1.25. The molecule has 1 saturated heterocycles. The number of nitrogens with one attached hydrogen (secondary N) is 1. The summed E-state index contributed by atoms with van der Waals surface area (Å²) in [5, 5.41) is 2.60. The van der Waals surface area contributed by atoms with Crippen molar-refractivity contribution in [3.8, 4) is 0 Å². The molecule has 1 amide bonds. The molecule has 1 fully saturated rings. The van der Waals surface area contributed by atoms with Crippen molar-refractivity contribution in [1.82, 2.24) is 9.88 Å². The topological polar surface area (TPSA) is 45.2 Å². The number of aromatic nitrogens is 1. The van der Waals surface area contributed by atoms with E-state index in [0.717, 1.165) is 6.54 Å². The van der Waals surface area contributed by atoms with Gasteiger partial charge in [-0.1, -0.05) is 6.92 Å². The Morgan fingerprint density at radius 1 is 1.53 bits per heavy atom. The van der Waals surface area contributed by atoms with E-state index in [-0.39, 0.29) is 0 Å². The van der Waals surface area contributed by atoms with Crippen LogP contribution in [0.2, 0.25) is 0 Å². The number of amides is 1. The van der Waals surface area contributed by atoms with Crippen LogP contribution in [-0.4, -0.2) is 35.9 Å². The highest BCUT2D eigenvalue weighted by atomic mass is 16.1. The van der Waals surface area contributed by atoms with E-state index in [2.05, 4.69) is 28.2 Å². The van der Waals surface area contributed by atoms with Gasteiger partial charge in [0.15, 0.2) is 0 Å². The molecule has 2 heterocycles. The lowest BCUT2D eigenvalue weighted by Crippen LogP contribution is -2.32. The van der Waals surface area contributed by atoms with Gasteiger partial charge in [0.05, 0.1) is 0 Å². The monoisotopic (exact) mass is 233 g/mol. The van der Waals surface area contributed by atoms with Crippen molar-refractivity contribution in [2.75, 3.05) is 25.0 Å². The molecule has 0 bridgehead atoms. The number of anilines is 1. The van der Waals surface area contributed by atoms with Gasteiger partial charge >= 0.3 is 0 Å². The average molecular weight is 233 g/mol. The van der Waals surface area contributed by atoms with Crippen LogP contribution in [0.15, 0.2) is 18.3 Å². The van der Waals surface area contributed by atoms with Gasteiger partial charge in [0.2, 0.25) is 6.41 Å². The van der Waals surface area contributed by atoms with Crippen LogP contribution in [0.3, 0.4) is 0 Å². The van der Waals surface area contributed by atoms with Crippen molar-refractivity contribution in [3.63, 3.8) is 0 Å². The van der Waals surface area contributed by atoms with Crippen LogP contribution >= 0.6 is 0 Å². The minimum atomic E-state index is 0.605. The van der Waals surface area contributed by atoms with E-state index >= 15 is 0 Å². The second-order valence-electron chi connectivity index (χ2n) is 4.45. The Kier molecular flexibility index (Phi) is 4.09. The zero-order valence-corrected chi connectivity index (χ0v) is 10.2. The predicted molar refractivity (Wildman–Crippen MR) is 68.0 cm³/mol. The Morgan fingerprint density at radius 2 is 2.29 bits per heavy atom. The summed E-state index contributed by atoms with van der Waals surface area (Å²) in [6.45, 7) is 5.68. The first-order valence-electron chi connectivity index (χ1n) is 6.22. The Morgan fingerprint density at radius 3 is 2.94 bits per heavy atom. The van der Waals surface area contributed by atoms with Gasteiger partial charge in [0.1, 0.15) is 5.82 Å². The third kappa shape index (κ3) is 3.03. The molecule has 1 N–H and O–H groups in total. The van der Waals surface area contributed by atoms with E-state index in [4.69, 9.17) is 0 Å². The van der Waals surface area contributed by atoms with Crippen LogP contribution in [0.5, 0.6) is 0 Å². The van der Waals surface area contributed by atoms with Gasteiger partial charge in [-0.2, -0.15) is 0 Å². The van der Waals surface area contributed by atoms with Crippen LogP contribution in [-0.2, 0) is 4.79 Å². The molecule has 0 aromatic carbocycles. The fraction of sp³-hybridized carbons (Fsp3) is 0.538. The highest BCUT2D eigenvalue weighted by molar-refractivity contribution is 5.68. The first-order valence-corrected chi connectivity index (χ1v) is 6.22. The molecule has 0 atom stereocenters. The lowest BCUT2D eigenvalue weighted by atomic mass is 9.90. The van der Waals surface area contributed by atoms with Crippen LogP contribution in [0.4, 0.5) is 5.82 Å². The molecule has 17 heavy (non-hydrogen) atoms. The second kappa shape index (κ2) is 5.77. The minimum absolute atomic E-state index is 0.605. The van der Waals surface area contributed by atoms with Gasteiger partial charge in [-0.15, -0.1) is 0 Å². The van der Waals surface area contributed by atoms with Crippen molar-refractivity contribution >= 4 is 12.2 Å². The van der Waals surface area contributed by atoms with Gasteiger partial charge < -0.3 is 10.2 Å². The summed E-state index contributed by atoms with van der Waals surface area (Å²) in [6, 6.07) is 4.04. The Bertz CT molecular complexity index is 373. The van der Waals surface area contributed by atoms with Crippen LogP contribution in [0.1, 0.15) is 31.2 Å². The van der Waals surface area contributed by atoms with Gasteiger partial charge in [-0.3, -0.25) is 4.79 Å². The first kappa shape index (κ1) is 12.0. The summed E-state index contributed by atoms with van der Waals surface area (Å²) >= 11 is 0. The van der Waals surface area contributed by atoms with E-state index in [1.54, 1.807) is 6.20 Å². The molecular formula is C13H19N3O. The largest absolute Gasteiger partial charge is 0.313 e. The Balaban J connectivity index is 2.02. The van der Waals surface area contributed by atoms with E-state index < -0.39 is 0 Å². The average Bonchev–Trinajstić information content (AvgIpc) is 2.40. The van der Waals surface area contributed by atoms with Crippen LogP contribution < -0.4 is 5.32 Å². The quantitative estimate of drug-likeness (QED) is 0.807. The molecule has 1 aliphatic rings. The highest BCUT2D eigenvalue weighted by Crippen LogP contribution is 2.28. The number of hydrogen-bond donors (Lipinski definition) is 1. The maximum atomic E-state index is 10.4. The number of hydrogen-bond acceptors (Lipinski definition) is 3. The molecule has 1 aliphatic heterocycles. The van der Waals surface area contributed by atoms with Gasteiger partial charge in [-0.05, 0) is 56.1 Å². The fourth-order valence-corrected chi connectivity index (χ4v) is 2.42. The van der Waals surface area contributed by atoms with Crippen molar-refractivity contribution in [2.24, 2.45) is 0 Å². The predicted octanol–water partition coefficient (Wildman–Crippen LogP) is 1.85. The number of nitrogens with zero attached hydrogens (tertiary/aromatic N) is 2. The van der Waals surface area contributed by atoms with Crippen LogP contribution in [0.25, 0.3) is 0 Å². The maximum Gasteiger partial charge on any atom is 0.212 e. The lowest BCUT2D eigenvalue weighted by Gasteiger charge is -2.31. The fourth-order valence-electron chi connectivity index (χ4n) is 2.42. The molecule has 0 aliphatic carbocycles. The number of rotatable bonds is 4. The van der Waals surface area contributed by atoms with Gasteiger partial charge in [0, 0.05) is 6.20 Å². The molecule has 1 aromatic heterocycles. The summed E-state index contributed by atoms with van der Waals surface area (Å²) in [6.07, 6.45) is 4.83. The molecule has 0 saturated carbocycles. The van der Waals surface area contributed by atoms with Crippen molar-refractivity contribution in [3.05, 3.63) is 23.9 Å². The maximum absolute atomic E-state index is 10.4. The molecule has 1 aromatic rings. The molecular weight excluding hydrogens is 214 g/mol. The smallest absolute Gasteiger partial charge is 0.212 e. The molecule has 4 nitrogen and oxygen atoms in total. The summed E-state index contributed by atoms with van der Waals surface area (Å²) in [5.41, 5.74) is 1.29. The third-order valence-electron chi connectivity index (χ3n) is 3.50. The Hall–Kier alpha value is -1.42. The Labute approximate surface area is 102 Å². The molecule has 0 radical (unpaired) electrons. The standard InChI is InChI=1S/C13H19N3O/c1-2-16-7-4-11(5-8-16)12-3-6-14-13(9-12)15-10-17/h3,6,9-11H,2,4-5,7-8H2,1H3,(H,14,15,17). The minimum Gasteiger partial charge on any atom is -0.313 e. The van der Waals surface area contributed by atoms with Crippen molar-refractivity contribution in [1.29, 1.82) is 0 Å². The molecule has 92 valence electrons. The number of carbonyl (C=O) groups excluding carboxylic acids is 1. The normalized spacial score (nSPS) is 17.9. The molecule has 4 heteroatoms. The first-order chi connectivity index (χ1) is 8.33. The van der Waals surface area contributed by atoms with E-state index in [1.807, 2.05) is 6.07 Å². The van der Waals surface area contributed by atoms with Crippen LogP contribution in [0, 0.1) is 0 Å². The van der Waals surface area contributed by atoms with Crippen molar-refractivity contribution in [2.45, 2.75) is 25.7 Å². The number of likely N-dealkylation sites (tertiary alicyclic amines) is 1. The molecule has 2 rings (SSSR count). The van der Waals surface area contributed by atoms with Crippen molar-refractivity contribution < 1.29 is 4.79 Å². The van der Waals surface area contributed by atoms with Gasteiger partial charge in [0.25, 0.3) is 0 Å². The lowest BCUT2D eigenvalue weighted by molar-refractivity contribution is -0.105. The second-order valence-corrected chi connectivity index (χ2v) is 4.45. The molecule has 0 unspecified atom stereocenters.